The molecule has 0 fully saturated rings. The van der Waals surface area contributed by atoms with Crippen LogP contribution in [0.5, 0.6) is 0 Å². The van der Waals surface area contributed by atoms with Crippen molar-refractivity contribution in [3.8, 4) is 0 Å². The molecule has 1 aromatic rings. The van der Waals surface area contributed by atoms with Crippen molar-refractivity contribution in [3.05, 3.63) is 17.5 Å². The van der Waals surface area contributed by atoms with Crippen molar-refractivity contribution in [3.63, 3.8) is 0 Å². The van der Waals surface area contributed by atoms with Crippen molar-refractivity contribution in [2.45, 2.75) is 40.7 Å². The zero-order valence-electron chi connectivity index (χ0n) is 11.3. The van der Waals surface area contributed by atoms with Gasteiger partial charge in [0, 0.05) is 31.1 Å². The first-order chi connectivity index (χ1) is 8.08. The minimum absolute atomic E-state index is 0.0652. The molecule has 0 aliphatic rings. The predicted octanol–water partition coefficient (Wildman–Crippen LogP) is 1.57. The average Bonchev–Trinajstić information content (AvgIpc) is 2.66. The zero-order chi connectivity index (χ0) is 12.8. The summed E-state index contributed by atoms with van der Waals surface area (Å²) in [5.74, 6) is 0.344. The zero-order valence-corrected chi connectivity index (χ0v) is 11.3. The van der Waals surface area contributed by atoms with E-state index in [1.807, 2.05) is 38.4 Å². The van der Waals surface area contributed by atoms with Crippen molar-refractivity contribution >= 4 is 5.78 Å². The Balaban J connectivity index is 2.60. The molecular weight excluding hydrogens is 214 g/mol. The first-order valence-electron chi connectivity index (χ1n) is 6.35. The van der Waals surface area contributed by atoms with E-state index in [1.54, 1.807) is 0 Å². The molecular formula is C13H23N3O. The molecule has 1 N–H and O–H groups in total. The Morgan fingerprint density at radius 2 is 2.24 bits per heavy atom. The predicted molar refractivity (Wildman–Crippen MR) is 69.1 cm³/mol. The van der Waals surface area contributed by atoms with Gasteiger partial charge >= 0.3 is 0 Å². The summed E-state index contributed by atoms with van der Waals surface area (Å²) < 4.78 is 1.91. The van der Waals surface area contributed by atoms with E-state index >= 15 is 0 Å². The summed E-state index contributed by atoms with van der Waals surface area (Å²) in [6.07, 6.45) is 0.487. The van der Waals surface area contributed by atoms with Crippen LogP contribution in [-0.4, -0.2) is 28.7 Å². The monoisotopic (exact) mass is 237 g/mol. The summed E-state index contributed by atoms with van der Waals surface area (Å²) in [4.78, 5) is 12.0. The lowest BCUT2D eigenvalue weighted by Crippen LogP contribution is -2.27. The van der Waals surface area contributed by atoms with Crippen LogP contribution in [0.15, 0.2) is 6.07 Å². The Labute approximate surface area is 103 Å². The molecule has 1 atom stereocenters. The maximum absolute atomic E-state index is 12.0. The summed E-state index contributed by atoms with van der Waals surface area (Å²) in [5.41, 5.74) is 2.01. The lowest BCUT2D eigenvalue weighted by molar-refractivity contribution is -0.121. The van der Waals surface area contributed by atoms with E-state index in [9.17, 15) is 4.79 Å². The third-order valence-corrected chi connectivity index (χ3v) is 2.89. The van der Waals surface area contributed by atoms with E-state index in [4.69, 9.17) is 0 Å². The highest BCUT2D eigenvalue weighted by molar-refractivity contribution is 5.82. The van der Waals surface area contributed by atoms with Gasteiger partial charge in [-0.05, 0) is 26.5 Å². The molecule has 0 amide bonds. The molecule has 1 aromatic heterocycles. The highest BCUT2D eigenvalue weighted by Crippen LogP contribution is 2.08. The molecule has 0 radical (unpaired) electrons. The quantitative estimate of drug-likeness (QED) is 0.783. The van der Waals surface area contributed by atoms with Crippen LogP contribution in [0.3, 0.4) is 0 Å². The van der Waals surface area contributed by atoms with Crippen LogP contribution in [0.25, 0.3) is 0 Å². The van der Waals surface area contributed by atoms with Gasteiger partial charge in [0.2, 0.25) is 0 Å². The number of aryl methyl sites for hydroxylation is 2. The number of carbonyl (C=O) groups excluding carboxylic acids is 1. The van der Waals surface area contributed by atoms with Crippen LogP contribution in [0.2, 0.25) is 0 Å². The third-order valence-electron chi connectivity index (χ3n) is 2.89. The van der Waals surface area contributed by atoms with Crippen LogP contribution >= 0.6 is 0 Å². The number of ketones is 1. The Morgan fingerprint density at radius 1 is 1.53 bits per heavy atom. The Morgan fingerprint density at radius 3 is 2.82 bits per heavy atom. The summed E-state index contributed by atoms with van der Waals surface area (Å²) in [7, 11) is 0. The maximum atomic E-state index is 12.0. The third kappa shape index (κ3) is 3.97. The largest absolute Gasteiger partial charge is 0.316 e. The normalized spacial score (nSPS) is 12.7. The molecule has 4 heteroatoms. The molecule has 1 rings (SSSR count). The fraction of sp³-hybridized carbons (Fsp3) is 0.692. The van der Waals surface area contributed by atoms with Gasteiger partial charge in [0.05, 0.1) is 5.69 Å². The number of hydrogen-bond donors (Lipinski definition) is 1. The van der Waals surface area contributed by atoms with E-state index in [-0.39, 0.29) is 11.7 Å². The summed E-state index contributed by atoms with van der Waals surface area (Å²) in [6, 6.07) is 2.00. The number of rotatable bonds is 7. The van der Waals surface area contributed by atoms with Gasteiger partial charge in [-0.1, -0.05) is 13.8 Å². The Hall–Kier alpha value is -1.16. The number of Topliss-reactive ketones (excluding diaryl/α,β-unsaturated/α-hetero) is 1. The van der Waals surface area contributed by atoms with Gasteiger partial charge in [-0.2, -0.15) is 5.10 Å². The van der Waals surface area contributed by atoms with E-state index < -0.39 is 0 Å². The molecule has 0 aliphatic heterocycles. The molecule has 1 heterocycles. The van der Waals surface area contributed by atoms with Gasteiger partial charge in [0.25, 0.3) is 0 Å². The van der Waals surface area contributed by atoms with E-state index in [2.05, 4.69) is 10.4 Å². The van der Waals surface area contributed by atoms with Gasteiger partial charge in [-0.15, -0.1) is 0 Å². The van der Waals surface area contributed by atoms with Crippen LogP contribution in [-0.2, 0) is 17.8 Å². The second-order valence-electron chi connectivity index (χ2n) is 4.44. The van der Waals surface area contributed by atoms with Crippen molar-refractivity contribution < 1.29 is 4.79 Å². The van der Waals surface area contributed by atoms with Crippen molar-refractivity contribution in [1.82, 2.24) is 15.1 Å². The van der Waals surface area contributed by atoms with E-state index in [0.29, 0.717) is 6.42 Å². The highest BCUT2D eigenvalue weighted by Gasteiger charge is 2.15. The van der Waals surface area contributed by atoms with Crippen molar-refractivity contribution in [1.29, 1.82) is 0 Å². The molecule has 0 bridgehead atoms. The molecule has 0 aromatic carbocycles. The van der Waals surface area contributed by atoms with Gasteiger partial charge in [0.15, 0.2) is 0 Å². The van der Waals surface area contributed by atoms with Crippen LogP contribution in [0.4, 0.5) is 0 Å². The maximum Gasteiger partial charge on any atom is 0.142 e. The molecule has 0 aliphatic carbocycles. The number of aromatic nitrogens is 2. The minimum Gasteiger partial charge on any atom is -0.316 e. The van der Waals surface area contributed by atoms with Crippen molar-refractivity contribution in [2.75, 3.05) is 13.1 Å². The second-order valence-corrected chi connectivity index (χ2v) is 4.44. The number of nitrogens with one attached hydrogen (secondary N) is 1. The smallest absolute Gasteiger partial charge is 0.142 e. The van der Waals surface area contributed by atoms with Crippen LogP contribution in [0, 0.1) is 12.8 Å². The number of hydrogen-bond acceptors (Lipinski definition) is 3. The topological polar surface area (TPSA) is 46.9 Å². The SMILES string of the molecule is CCNCC(C)C(=O)Cc1cc(C)nn1CC. The molecule has 0 spiro atoms. The van der Waals surface area contributed by atoms with Gasteiger partial charge in [-0.25, -0.2) is 0 Å². The summed E-state index contributed by atoms with van der Waals surface area (Å²) >= 11 is 0. The van der Waals surface area contributed by atoms with Gasteiger partial charge < -0.3 is 5.32 Å². The first-order valence-corrected chi connectivity index (χ1v) is 6.35. The molecule has 0 saturated heterocycles. The van der Waals surface area contributed by atoms with Crippen LogP contribution < -0.4 is 5.32 Å². The van der Waals surface area contributed by atoms with E-state index in [0.717, 1.165) is 31.0 Å². The summed E-state index contributed by atoms with van der Waals surface area (Å²) in [6.45, 7) is 10.5. The van der Waals surface area contributed by atoms with E-state index in [1.165, 1.54) is 0 Å². The van der Waals surface area contributed by atoms with Gasteiger partial charge in [0.1, 0.15) is 5.78 Å². The lowest BCUT2D eigenvalue weighted by Gasteiger charge is -2.11. The Bertz CT molecular complexity index is 371. The molecule has 0 saturated carbocycles. The molecule has 96 valence electrons. The Kier molecular flexibility index (Phi) is 5.35. The van der Waals surface area contributed by atoms with Crippen LogP contribution in [0.1, 0.15) is 32.2 Å². The standard InChI is InChI=1S/C13H23N3O/c1-5-14-9-10(3)13(17)8-12-7-11(4)15-16(12)6-2/h7,10,14H,5-6,8-9H2,1-4H3. The number of nitrogens with zero attached hydrogens (tertiary/aromatic N) is 2. The molecule has 17 heavy (non-hydrogen) atoms. The summed E-state index contributed by atoms with van der Waals surface area (Å²) in [5, 5.41) is 7.56. The average molecular weight is 237 g/mol. The van der Waals surface area contributed by atoms with Crippen molar-refractivity contribution in [2.24, 2.45) is 5.92 Å². The minimum atomic E-state index is 0.0652. The molecule has 4 nitrogen and oxygen atoms in total. The first kappa shape index (κ1) is 13.9. The fourth-order valence-electron chi connectivity index (χ4n) is 1.84. The van der Waals surface area contributed by atoms with Gasteiger partial charge in [-0.3, -0.25) is 9.48 Å². The molecule has 1 unspecified atom stereocenters. The number of carbonyl (C=O) groups is 1. The fourth-order valence-corrected chi connectivity index (χ4v) is 1.84. The second kappa shape index (κ2) is 6.55. The lowest BCUT2D eigenvalue weighted by atomic mass is 10.0. The highest BCUT2D eigenvalue weighted by atomic mass is 16.1.